The van der Waals surface area contributed by atoms with Crippen molar-refractivity contribution in [2.24, 2.45) is 5.92 Å². The van der Waals surface area contributed by atoms with Gasteiger partial charge < -0.3 is 15.1 Å². The van der Waals surface area contributed by atoms with Gasteiger partial charge in [-0.2, -0.15) is 13.2 Å². The highest BCUT2D eigenvalue weighted by atomic mass is 19.4. The van der Waals surface area contributed by atoms with Gasteiger partial charge in [-0.3, -0.25) is 19.3 Å². The quantitative estimate of drug-likeness (QED) is 0.720. The molecule has 0 spiro atoms. The smallest absolute Gasteiger partial charge is 0.355 e. The summed E-state index contributed by atoms with van der Waals surface area (Å²) in [6.07, 6.45) is -2.57. The molecular formula is C23H31F3N4O3. The lowest BCUT2D eigenvalue weighted by molar-refractivity contribution is -0.138. The maximum absolute atomic E-state index is 13.0. The van der Waals surface area contributed by atoms with Crippen LogP contribution in [0.4, 0.5) is 13.2 Å². The lowest BCUT2D eigenvalue weighted by Gasteiger charge is -2.34. The van der Waals surface area contributed by atoms with Crippen LogP contribution < -0.4 is 5.32 Å². The first-order valence-electron chi connectivity index (χ1n) is 11.4. The summed E-state index contributed by atoms with van der Waals surface area (Å²) in [6.45, 7) is 6.23. The number of benzene rings is 1. The fourth-order valence-corrected chi connectivity index (χ4v) is 4.38. The van der Waals surface area contributed by atoms with Crippen LogP contribution in [0.5, 0.6) is 0 Å². The minimum Gasteiger partial charge on any atom is -0.355 e. The Morgan fingerprint density at radius 3 is 2.21 bits per heavy atom. The number of hydrogen-bond donors (Lipinski definition) is 1. The van der Waals surface area contributed by atoms with Crippen LogP contribution in [-0.4, -0.2) is 84.8 Å². The molecule has 0 bridgehead atoms. The average molecular weight is 469 g/mol. The highest BCUT2D eigenvalue weighted by molar-refractivity contribution is 5.94. The molecule has 2 fully saturated rings. The van der Waals surface area contributed by atoms with Crippen molar-refractivity contribution in [2.45, 2.75) is 32.4 Å². The Balaban J connectivity index is 1.48. The molecule has 0 aliphatic carbocycles. The number of carbonyl (C=O) groups is 3. The van der Waals surface area contributed by atoms with Crippen molar-refractivity contribution >= 4 is 17.7 Å². The number of nitrogens with zero attached hydrogens (tertiary/aromatic N) is 3. The Morgan fingerprint density at radius 2 is 1.61 bits per heavy atom. The van der Waals surface area contributed by atoms with Gasteiger partial charge in [0.15, 0.2) is 0 Å². The number of likely N-dealkylation sites (N-methyl/N-ethyl adjacent to an activating group) is 1. The van der Waals surface area contributed by atoms with Gasteiger partial charge in [-0.05, 0) is 50.5 Å². The minimum atomic E-state index is -4.44. The normalized spacial score (nSPS) is 18.7. The molecule has 7 nitrogen and oxygen atoms in total. The third-order valence-corrected chi connectivity index (χ3v) is 6.23. The Labute approximate surface area is 191 Å². The van der Waals surface area contributed by atoms with Crippen molar-refractivity contribution in [2.75, 3.05) is 52.4 Å². The van der Waals surface area contributed by atoms with E-state index in [1.165, 1.54) is 12.1 Å². The van der Waals surface area contributed by atoms with E-state index < -0.39 is 11.7 Å². The predicted octanol–water partition coefficient (Wildman–Crippen LogP) is 2.23. The topological polar surface area (TPSA) is 73.0 Å². The molecule has 1 N–H and O–H groups in total. The Morgan fingerprint density at radius 1 is 0.939 bits per heavy atom. The van der Waals surface area contributed by atoms with Gasteiger partial charge in [-0.15, -0.1) is 0 Å². The van der Waals surface area contributed by atoms with Crippen LogP contribution in [-0.2, 0) is 15.8 Å². The summed E-state index contributed by atoms with van der Waals surface area (Å²) < 4.78 is 38.2. The van der Waals surface area contributed by atoms with Gasteiger partial charge in [0.1, 0.15) is 0 Å². The van der Waals surface area contributed by atoms with Crippen LogP contribution in [0.3, 0.4) is 0 Å². The number of piperidine rings is 1. The van der Waals surface area contributed by atoms with Crippen LogP contribution in [0.25, 0.3) is 0 Å². The zero-order chi connectivity index (χ0) is 24.0. The summed E-state index contributed by atoms with van der Waals surface area (Å²) in [5.74, 6) is -0.416. The Hall–Kier alpha value is -2.62. The van der Waals surface area contributed by atoms with E-state index in [0.29, 0.717) is 58.7 Å². The highest BCUT2D eigenvalue weighted by Gasteiger charge is 2.33. The Bertz CT molecular complexity index is 836. The summed E-state index contributed by atoms with van der Waals surface area (Å²) in [4.78, 5) is 43.0. The zero-order valence-corrected chi connectivity index (χ0v) is 18.9. The van der Waals surface area contributed by atoms with E-state index >= 15 is 0 Å². The third kappa shape index (κ3) is 6.69. The average Bonchev–Trinajstić information content (AvgIpc) is 3.03. The van der Waals surface area contributed by atoms with Gasteiger partial charge >= 0.3 is 6.18 Å². The number of nitrogens with one attached hydrogen (secondary N) is 1. The molecule has 0 unspecified atom stereocenters. The summed E-state index contributed by atoms with van der Waals surface area (Å²) in [5, 5.41) is 2.79. The van der Waals surface area contributed by atoms with E-state index in [9.17, 15) is 27.6 Å². The van der Waals surface area contributed by atoms with Crippen molar-refractivity contribution in [1.82, 2.24) is 20.0 Å². The number of likely N-dealkylation sites (tertiary alicyclic amines) is 1. The lowest BCUT2D eigenvalue weighted by Crippen LogP contribution is -2.45. The fourth-order valence-electron chi connectivity index (χ4n) is 4.38. The molecule has 3 rings (SSSR count). The molecule has 2 aliphatic heterocycles. The first kappa shape index (κ1) is 25.0. The van der Waals surface area contributed by atoms with Gasteiger partial charge in [0, 0.05) is 57.3 Å². The van der Waals surface area contributed by atoms with E-state index in [4.69, 9.17) is 0 Å². The van der Waals surface area contributed by atoms with Gasteiger partial charge in [0.25, 0.3) is 5.91 Å². The van der Waals surface area contributed by atoms with Crippen LogP contribution in [0, 0.1) is 5.92 Å². The molecule has 2 saturated heterocycles. The number of rotatable bonds is 5. The van der Waals surface area contributed by atoms with E-state index in [0.717, 1.165) is 25.1 Å². The Kier molecular flexibility index (Phi) is 8.34. The molecule has 0 aromatic heterocycles. The molecule has 0 radical (unpaired) electrons. The van der Waals surface area contributed by atoms with Crippen molar-refractivity contribution in [3.05, 3.63) is 35.4 Å². The largest absolute Gasteiger partial charge is 0.416 e. The second-order valence-corrected chi connectivity index (χ2v) is 8.55. The highest BCUT2D eigenvalue weighted by Crippen LogP contribution is 2.29. The molecule has 0 saturated carbocycles. The van der Waals surface area contributed by atoms with Crippen LogP contribution in [0.2, 0.25) is 0 Å². The molecule has 1 aromatic carbocycles. The van der Waals surface area contributed by atoms with Crippen molar-refractivity contribution in [3.63, 3.8) is 0 Å². The lowest BCUT2D eigenvalue weighted by atomic mass is 9.94. The van der Waals surface area contributed by atoms with Gasteiger partial charge in [0.05, 0.1) is 12.1 Å². The zero-order valence-electron chi connectivity index (χ0n) is 18.9. The van der Waals surface area contributed by atoms with Crippen molar-refractivity contribution < 1.29 is 27.6 Å². The predicted molar refractivity (Wildman–Crippen MR) is 116 cm³/mol. The first-order valence-corrected chi connectivity index (χ1v) is 11.4. The van der Waals surface area contributed by atoms with Crippen molar-refractivity contribution in [3.8, 4) is 0 Å². The fraction of sp³-hybridized carbons (Fsp3) is 0.609. The van der Waals surface area contributed by atoms with Gasteiger partial charge in [-0.25, -0.2) is 0 Å². The molecule has 2 aliphatic rings. The molecule has 2 heterocycles. The molecule has 3 amide bonds. The van der Waals surface area contributed by atoms with E-state index in [2.05, 4.69) is 10.2 Å². The second kappa shape index (κ2) is 11.0. The molecular weight excluding hydrogens is 437 g/mol. The maximum atomic E-state index is 13.0. The van der Waals surface area contributed by atoms with E-state index in [1.54, 1.807) is 4.90 Å². The van der Waals surface area contributed by atoms with Gasteiger partial charge in [-0.1, -0.05) is 0 Å². The number of halogens is 3. The SMILES string of the molecule is CCNC(=O)CN1CCCN(C(=O)C2CCN(C(=O)c3ccc(C(F)(F)F)cc3)CC2)CC1. The molecule has 0 atom stereocenters. The first-order chi connectivity index (χ1) is 15.7. The summed E-state index contributed by atoms with van der Waals surface area (Å²) in [7, 11) is 0. The number of alkyl halides is 3. The summed E-state index contributed by atoms with van der Waals surface area (Å²) in [6, 6.07) is 4.23. The number of carbonyl (C=O) groups excluding carboxylic acids is 3. The number of hydrogen-bond acceptors (Lipinski definition) is 4. The van der Waals surface area contributed by atoms with Crippen molar-refractivity contribution in [1.29, 1.82) is 0 Å². The molecule has 1 aromatic rings. The van der Waals surface area contributed by atoms with E-state index in [1.807, 2.05) is 11.8 Å². The molecule has 10 heteroatoms. The maximum Gasteiger partial charge on any atom is 0.416 e. The summed E-state index contributed by atoms with van der Waals surface area (Å²) in [5.41, 5.74) is -0.571. The monoisotopic (exact) mass is 468 g/mol. The van der Waals surface area contributed by atoms with Crippen LogP contribution >= 0.6 is 0 Å². The second-order valence-electron chi connectivity index (χ2n) is 8.55. The third-order valence-electron chi connectivity index (χ3n) is 6.23. The van der Waals surface area contributed by atoms with E-state index in [-0.39, 0.29) is 29.2 Å². The van der Waals surface area contributed by atoms with Gasteiger partial charge in [0.2, 0.25) is 11.8 Å². The van der Waals surface area contributed by atoms with Crippen LogP contribution in [0.1, 0.15) is 42.1 Å². The molecule has 33 heavy (non-hydrogen) atoms. The number of amides is 3. The minimum absolute atomic E-state index is 0.0117. The van der Waals surface area contributed by atoms with Crippen LogP contribution in [0.15, 0.2) is 24.3 Å². The summed E-state index contributed by atoms with van der Waals surface area (Å²) >= 11 is 0. The molecule has 182 valence electrons. The standard InChI is InChI=1S/C23H31F3N4O3/c1-2-27-20(31)16-28-10-3-11-29(15-14-28)22(33)18-8-12-30(13-9-18)21(32)17-4-6-19(7-5-17)23(24,25)26/h4-7,18H,2-3,8-16H2,1H3,(H,27,31).